The van der Waals surface area contributed by atoms with Gasteiger partial charge in [0.05, 0.1) is 34.2 Å². The summed E-state index contributed by atoms with van der Waals surface area (Å²) in [5.41, 5.74) is 4.78. The van der Waals surface area contributed by atoms with E-state index in [9.17, 15) is 15.2 Å². The Morgan fingerprint density at radius 3 is 2.86 bits per heavy atom. The average molecular weight is 492 g/mol. The number of aliphatic hydroxyl groups is 1. The van der Waals surface area contributed by atoms with E-state index in [0.29, 0.717) is 18.7 Å². The molecule has 2 aliphatic heterocycles. The number of aliphatic hydroxyl groups excluding tert-OH is 1. The van der Waals surface area contributed by atoms with Crippen molar-refractivity contribution in [2.24, 2.45) is 0 Å². The number of fused-ring (bicyclic) bond motifs is 2. The Bertz CT molecular complexity index is 1320. The van der Waals surface area contributed by atoms with Gasteiger partial charge in [0.25, 0.3) is 0 Å². The molecule has 1 fully saturated rings. The first-order valence-corrected chi connectivity index (χ1v) is 12.8. The number of thiophene rings is 1. The Labute approximate surface area is 208 Å². The summed E-state index contributed by atoms with van der Waals surface area (Å²) in [5, 5.41) is 19.4. The van der Waals surface area contributed by atoms with Gasteiger partial charge in [-0.1, -0.05) is 0 Å². The smallest absolute Gasteiger partial charge is 0.410 e. The zero-order chi connectivity index (χ0) is 24.7. The lowest BCUT2D eigenvalue weighted by Crippen LogP contribution is -2.43. The van der Waals surface area contributed by atoms with Crippen LogP contribution in [0.4, 0.5) is 10.5 Å². The van der Waals surface area contributed by atoms with E-state index in [4.69, 9.17) is 4.74 Å². The molecule has 0 unspecified atom stereocenters. The molecule has 1 atom stereocenters. The second-order valence-electron chi connectivity index (χ2n) is 10.1. The van der Waals surface area contributed by atoms with Gasteiger partial charge < -0.3 is 19.6 Å². The molecular weight excluding hydrogens is 462 g/mol. The number of amides is 1. The molecule has 5 rings (SSSR count). The van der Waals surface area contributed by atoms with Crippen LogP contribution in [0.1, 0.15) is 49.6 Å². The van der Waals surface area contributed by atoms with E-state index >= 15 is 0 Å². The van der Waals surface area contributed by atoms with E-state index in [1.807, 2.05) is 39.0 Å². The quantitative estimate of drug-likeness (QED) is 0.576. The molecule has 1 amide bonds. The van der Waals surface area contributed by atoms with Gasteiger partial charge in [-0.2, -0.15) is 5.26 Å². The van der Waals surface area contributed by atoms with Gasteiger partial charge in [-0.05, 0) is 63.8 Å². The first-order chi connectivity index (χ1) is 16.8. The van der Waals surface area contributed by atoms with Crippen molar-refractivity contribution < 1.29 is 14.6 Å². The Morgan fingerprint density at radius 2 is 2.11 bits per heavy atom. The van der Waals surface area contributed by atoms with Crippen LogP contribution in [-0.4, -0.2) is 57.3 Å². The molecule has 1 saturated heterocycles. The molecule has 0 bridgehead atoms. The molecule has 1 aromatic carbocycles. The van der Waals surface area contributed by atoms with Crippen molar-refractivity contribution in [2.75, 3.05) is 24.5 Å². The summed E-state index contributed by atoms with van der Waals surface area (Å²) in [7, 11) is 0. The van der Waals surface area contributed by atoms with Crippen LogP contribution < -0.4 is 4.90 Å². The Kier molecular flexibility index (Phi) is 6.11. The fraction of sp³-hybridized carbons (Fsp3) is 0.462. The Hall–Kier alpha value is -3.22. The number of ether oxygens (including phenoxy) is 1. The molecule has 3 aromatic rings. The predicted octanol–water partition coefficient (Wildman–Crippen LogP) is 4.48. The van der Waals surface area contributed by atoms with Crippen LogP contribution in [0.5, 0.6) is 0 Å². The average Bonchev–Trinajstić information content (AvgIpc) is 3.49. The first-order valence-electron chi connectivity index (χ1n) is 11.9. The number of rotatable bonds is 3. The van der Waals surface area contributed by atoms with Gasteiger partial charge in [0.15, 0.2) is 0 Å². The lowest BCUT2D eigenvalue weighted by Gasteiger charge is -2.38. The number of hydrogen-bond donors (Lipinski definition) is 1. The highest BCUT2D eigenvalue weighted by Gasteiger charge is 2.36. The molecule has 0 spiro atoms. The molecule has 4 heterocycles. The maximum absolute atomic E-state index is 12.7. The normalized spacial score (nSPS) is 18.0. The fourth-order valence-electron chi connectivity index (χ4n) is 5.05. The molecule has 0 saturated carbocycles. The highest BCUT2D eigenvalue weighted by Crippen LogP contribution is 2.43. The highest BCUT2D eigenvalue weighted by atomic mass is 32.1. The highest BCUT2D eigenvalue weighted by molar-refractivity contribution is 7.19. The van der Waals surface area contributed by atoms with Crippen LogP contribution in [0.15, 0.2) is 24.5 Å². The Morgan fingerprint density at radius 1 is 1.29 bits per heavy atom. The monoisotopic (exact) mass is 491 g/mol. The molecule has 0 aliphatic carbocycles. The van der Waals surface area contributed by atoms with Crippen molar-refractivity contribution >= 4 is 33.3 Å². The largest absolute Gasteiger partial charge is 0.444 e. The lowest BCUT2D eigenvalue weighted by molar-refractivity contribution is 0.0292. The number of carbonyl (C=O) groups excluding carboxylic acids is 1. The SMILES string of the molecule is CC(C)(C)OC(=O)N1CC[C@H](N2CCCc3cc(C#N)cc(-c4ncnc5cc(CO)sc45)c32)C1. The number of aryl methyl sites for hydroxylation is 1. The third-order valence-electron chi connectivity index (χ3n) is 6.48. The van der Waals surface area contributed by atoms with Crippen LogP contribution in [0.3, 0.4) is 0 Å². The summed E-state index contributed by atoms with van der Waals surface area (Å²) in [6.45, 7) is 7.72. The van der Waals surface area contributed by atoms with Gasteiger partial charge in [-0.25, -0.2) is 14.8 Å². The molecule has 0 radical (unpaired) electrons. The van der Waals surface area contributed by atoms with Gasteiger partial charge >= 0.3 is 6.09 Å². The van der Waals surface area contributed by atoms with Gasteiger partial charge in [0.2, 0.25) is 0 Å². The van der Waals surface area contributed by atoms with Crippen molar-refractivity contribution in [3.05, 3.63) is 40.5 Å². The van der Waals surface area contributed by atoms with E-state index in [2.05, 4.69) is 20.9 Å². The van der Waals surface area contributed by atoms with Crippen LogP contribution in [0.2, 0.25) is 0 Å². The molecule has 8 nitrogen and oxygen atoms in total. The van der Waals surface area contributed by atoms with Gasteiger partial charge in [-0.3, -0.25) is 0 Å². The number of likely N-dealkylation sites (tertiary alicyclic amines) is 1. The molecule has 35 heavy (non-hydrogen) atoms. The summed E-state index contributed by atoms with van der Waals surface area (Å²) >= 11 is 1.48. The summed E-state index contributed by atoms with van der Waals surface area (Å²) in [6.07, 6.45) is 3.99. The number of nitriles is 1. The van der Waals surface area contributed by atoms with Gasteiger partial charge in [-0.15, -0.1) is 11.3 Å². The first kappa shape index (κ1) is 23.5. The number of benzene rings is 1. The molecular formula is C26H29N5O3S. The van der Waals surface area contributed by atoms with Crippen molar-refractivity contribution in [2.45, 2.75) is 58.3 Å². The molecule has 9 heteroatoms. The number of hydrogen-bond acceptors (Lipinski definition) is 8. The van der Waals surface area contributed by atoms with Crippen LogP contribution >= 0.6 is 11.3 Å². The zero-order valence-corrected chi connectivity index (χ0v) is 21.1. The molecule has 2 aromatic heterocycles. The maximum atomic E-state index is 12.7. The van der Waals surface area contributed by atoms with Gasteiger partial charge in [0, 0.05) is 41.8 Å². The summed E-state index contributed by atoms with van der Waals surface area (Å²) < 4.78 is 6.51. The van der Waals surface area contributed by atoms with Crippen LogP contribution in [0.25, 0.3) is 21.5 Å². The summed E-state index contributed by atoms with van der Waals surface area (Å²) in [4.78, 5) is 26.8. The number of anilines is 1. The number of aromatic nitrogens is 2. The number of carbonyl (C=O) groups is 1. The minimum atomic E-state index is -0.528. The lowest BCUT2D eigenvalue weighted by atomic mass is 9.92. The van der Waals surface area contributed by atoms with Crippen molar-refractivity contribution in [1.82, 2.24) is 14.9 Å². The summed E-state index contributed by atoms with van der Waals surface area (Å²) in [5.74, 6) is 0. The second kappa shape index (κ2) is 9.10. The third-order valence-corrected chi connectivity index (χ3v) is 7.60. The second-order valence-corrected chi connectivity index (χ2v) is 11.3. The standard InChI is InChI=1S/C26H29N5O3S/c1-26(2,3)34-25(33)30-8-6-18(13-30)31-7-4-5-17-9-16(12-27)10-20(23(17)31)22-24-21(28-15-29-22)11-19(14-32)35-24/h9-11,15,18,32H,4-8,13-14H2,1-3H3/t18-/m0/s1. The predicted molar refractivity (Wildman–Crippen MR) is 135 cm³/mol. The van der Waals surface area contributed by atoms with E-state index in [1.54, 1.807) is 11.2 Å². The minimum Gasteiger partial charge on any atom is -0.444 e. The van der Waals surface area contributed by atoms with Crippen molar-refractivity contribution in [1.29, 1.82) is 5.26 Å². The van der Waals surface area contributed by atoms with E-state index < -0.39 is 5.60 Å². The zero-order valence-electron chi connectivity index (χ0n) is 20.2. The molecule has 2 aliphatic rings. The third kappa shape index (κ3) is 4.56. The fourth-order valence-corrected chi connectivity index (χ4v) is 6.02. The minimum absolute atomic E-state index is 0.0501. The number of nitrogens with zero attached hydrogens (tertiary/aromatic N) is 5. The topological polar surface area (TPSA) is 103 Å². The van der Waals surface area contributed by atoms with E-state index in [1.165, 1.54) is 11.3 Å². The maximum Gasteiger partial charge on any atom is 0.410 e. The van der Waals surface area contributed by atoms with E-state index in [-0.39, 0.29) is 18.7 Å². The van der Waals surface area contributed by atoms with Crippen molar-refractivity contribution in [3.8, 4) is 17.3 Å². The van der Waals surface area contributed by atoms with Gasteiger partial charge in [0.1, 0.15) is 11.9 Å². The van der Waals surface area contributed by atoms with Crippen LogP contribution in [-0.2, 0) is 17.8 Å². The van der Waals surface area contributed by atoms with E-state index in [0.717, 1.165) is 63.4 Å². The Balaban J connectivity index is 1.56. The summed E-state index contributed by atoms with van der Waals surface area (Å²) in [6, 6.07) is 8.25. The molecule has 1 N–H and O–H groups in total. The van der Waals surface area contributed by atoms with Crippen LogP contribution in [0, 0.1) is 11.3 Å². The molecule has 182 valence electrons. The van der Waals surface area contributed by atoms with Crippen molar-refractivity contribution in [3.63, 3.8) is 0 Å².